The van der Waals surface area contributed by atoms with Crippen LogP contribution in [-0.2, 0) is 10.0 Å². The van der Waals surface area contributed by atoms with Crippen molar-refractivity contribution in [2.75, 3.05) is 25.4 Å². The normalized spacial score (nSPS) is 12.0. The minimum atomic E-state index is -3.56. The highest BCUT2D eigenvalue weighted by Gasteiger charge is 2.22. The first-order valence-corrected chi connectivity index (χ1v) is 6.84. The summed E-state index contributed by atoms with van der Waals surface area (Å²) in [5.41, 5.74) is 6.99. The fraction of sp³-hybridized carbons (Fsp3) is 0.455. The SMILES string of the molecule is CCN(CCO)S(=O)(=O)c1ccc(C)c(N)c1. The van der Waals surface area contributed by atoms with E-state index in [0.29, 0.717) is 12.2 Å². The molecule has 1 aromatic rings. The molecule has 5 nitrogen and oxygen atoms in total. The first-order chi connectivity index (χ1) is 7.93. The molecule has 0 saturated heterocycles. The van der Waals surface area contributed by atoms with Gasteiger partial charge < -0.3 is 10.8 Å². The van der Waals surface area contributed by atoms with Crippen LogP contribution in [0.25, 0.3) is 0 Å². The van der Waals surface area contributed by atoms with E-state index in [2.05, 4.69) is 0 Å². The summed E-state index contributed by atoms with van der Waals surface area (Å²) in [4.78, 5) is 0.163. The largest absolute Gasteiger partial charge is 0.398 e. The Morgan fingerprint density at radius 3 is 2.53 bits per heavy atom. The average Bonchev–Trinajstić information content (AvgIpc) is 2.29. The van der Waals surface area contributed by atoms with Gasteiger partial charge in [0.05, 0.1) is 11.5 Å². The summed E-state index contributed by atoms with van der Waals surface area (Å²) in [7, 11) is -3.56. The van der Waals surface area contributed by atoms with E-state index in [9.17, 15) is 8.42 Å². The highest BCUT2D eigenvalue weighted by molar-refractivity contribution is 7.89. The van der Waals surface area contributed by atoms with Crippen molar-refractivity contribution in [2.24, 2.45) is 0 Å². The van der Waals surface area contributed by atoms with Crippen molar-refractivity contribution in [3.05, 3.63) is 23.8 Å². The van der Waals surface area contributed by atoms with E-state index in [0.717, 1.165) is 5.56 Å². The molecule has 0 heterocycles. The van der Waals surface area contributed by atoms with Crippen molar-refractivity contribution in [3.63, 3.8) is 0 Å². The van der Waals surface area contributed by atoms with Gasteiger partial charge in [-0.15, -0.1) is 0 Å². The maximum Gasteiger partial charge on any atom is 0.243 e. The van der Waals surface area contributed by atoms with Gasteiger partial charge in [0.15, 0.2) is 0 Å². The summed E-state index contributed by atoms with van der Waals surface area (Å²) < 4.78 is 25.6. The smallest absolute Gasteiger partial charge is 0.243 e. The molecular weight excluding hydrogens is 240 g/mol. The molecule has 0 aliphatic rings. The molecule has 0 fully saturated rings. The Morgan fingerprint density at radius 1 is 1.41 bits per heavy atom. The van der Waals surface area contributed by atoms with Gasteiger partial charge in [0.2, 0.25) is 10.0 Å². The highest BCUT2D eigenvalue weighted by atomic mass is 32.2. The zero-order chi connectivity index (χ0) is 13.1. The number of nitrogen functional groups attached to an aromatic ring is 1. The summed E-state index contributed by atoms with van der Waals surface area (Å²) in [5.74, 6) is 0. The third-order valence-electron chi connectivity index (χ3n) is 2.59. The quantitative estimate of drug-likeness (QED) is 0.757. The Labute approximate surface area is 102 Å². The molecule has 17 heavy (non-hydrogen) atoms. The van der Waals surface area contributed by atoms with Gasteiger partial charge in [0.1, 0.15) is 0 Å². The van der Waals surface area contributed by atoms with Crippen LogP contribution in [0, 0.1) is 6.92 Å². The number of likely N-dealkylation sites (N-methyl/N-ethyl adjacent to an activating group) is 1. The van der Waals surface area contributed by atoms with Crippen LogP contribution in [0.15, 0.2) is 23.1 Å². The lowest BCUT2D eigenvalue weighted by Crippen LogP contribution is -2.33. The second-order valence-corrected chi connectivity index (χ2v) is 5.68. The van der Waals surface area contributed by atoms with Crippen LogP contribution in [0.5, 0.6) is 0 Å². The number of sulfonamides is 1. The number of aliphatic hydroxyl groups is 1. The van der Waals surface area contributed by atoms with E-state index < -0.39 is 10.0 Å². The van der Waals surface area contributed by atoms with Gasteiger partial charge >= 0.3 is 0 Å². The van der Waals surface area contributed by atoms with E-state index in [1.807, 2.05) is 6.92 Å². The number of hydrogen-bond acceptors (Lipinski definition) is 4. The second kappa shape index (κ2) is 5.48. The minimum absolute atomic E-state index is 0.0899. The number of anilines is 1. The molecule has 6 heteroatoms. The number of hydrogen-bond donors (Lipinski definition) is 2. The number of nitrogens with zero attached hydrogens (tertiary/aromatic N) is 1. The number of rotatable bonds is 5. The summed E-state index contributed by atoms with van der Waals surface area (Å²) in [6, 6.07) is 4.65. The molecule has 1 rings (SSSR count). The summed E-state index contributed by atoms with van der Waals surface area (Å²) in [6.07, 6.45) is 0. The molecule has 0 aliphatic heterocycles. The Morgan fingerprint density at radius 2 is 2.06 bits per heavy atom. The van der Waals surface area contributed by atoms with Crippen molar-refractivity contribution in [1.82, 2.24) is 4.31 Å². The monoisotopic (exact) mass is 258 g/mol. The van der Waals surface area contributed by atoms with Crippen molar-refractivity contribution in [3.8, 4) is 0 Å². The fourth-order valence-electron chi connectivity index (χ4n) is 1.49. The Bertz CT molecular complexity index is 485. The predicted molar refractivity (Wildman–Crippen MR) is 67.1 cm³/mol. The maximum atomic E-state index is 12.2. The van der Waals surface area contributed by atoms with Crippen molar-refractivity contribution >= 4 is 15.7 Å². The number of aryl methyl sites for hydroxylation is 1. The molecule has 0 aromatic heterocycles. The standard InChI is InChI=1S/C11H18N2O3S/c1-3-13(6-7-14)17(15,16)10-5-4-9(2)11(12)8-10/h4-5,8,14H,3,6-7,12H2,1-2H3. The number of nitrogens with two attached hydrogens (primary N) is 1. The lowest BCUT2D eigenvalue weighted by Gasteiger charge is -2.19. The molecule has 0 atom stereocenters. The van der Waals surface area contributed by atoms with E-state index in [1.54, 1.807) is 13.0 Å². The van der Waals surface area contributed by atoms with Crippen LogP contribution >= 0.6 is 0 Å². The fourth-order valence-corrected chi connectivity index (χ4v) is 2.96. The molecule has 0 radical (unpaired) electrons. The molecule has 1 aromatic carbocycles. The van der Waals surface area contributed by atoms with Crippen molar-refractivity contribution in [2.45, 2.75) is 18.7 Å². The van der Waals surface area contributed by atoms with E-state index in [-0.39, 0.29) is 18.0 Å². The summed E-state index contributed by atoms with van der Waals surface area (Å²) >= 11 is 0. The molecule has 3 N–H and O–H groups in total. The van der Waals surface area contributed by atoms with Crippen LogP contribution in [0.4, 0.5) is 5.69 Å². The highest BCUT2D eigenvalue weighted by Crippen LogP contribution is 2.20. The molecule has 0 spiro atoms. The molecule has 96 valence electrons. The van der Waals surface area contributed by atoms with E-state index >= 15 is 0 Å². The van der Waals surface area contributed by atoms with Gasteiger partial charge in [0, 0.05) is 18.8 Å². The van der Waals surface area contributed by atoms with E-state index in [1.165, 1.54) is 16.4 Å². The lowest BCUT2D eigenvalue weighted by molar-refractivity contribution is 0.257. The second-order valence-electron chi connectivity index (χ2n) is 3.74. The predicted octanol–water partition coefficient (Wildman–Crippen LogP) is 0.580. The van der Waals surface area contributed by atoms with Gasteiger partial charge in [-0.3, -0.25) is 0 Å². The van der Waals surface area contributed by atoms with Crippen LogP contribution in [0.2, 0.25) is 0 Å². The molecule has 0 aliphatic carbocycles. The van der Waals surface area contributed by atoms with Crippen LogP contribution in [-0.4, -0.2) is 37.5 Å². The van der Waals surface area contributed by atoms with Gasteiger partial charge in [0.25, 0.3) is 0 Å². The van der Waals surface area contributed by atoms with Gasteiger partial charge in [-0.25, -0.2) is 8.42 Å². The molecule has 0 unspecified atom stereocenters. The molecule has 0 bridgehead atoms. The van der Waals surface area contributed by atoms with Gasteiger partial charge in [-0.05, 0) is 24.6 Å². The van der Waals surface area contributed by atoms with Crippen LogP contribution in [0.1, 0.15) is 12.5 Å². The third-order valence-corrected chi connectivity index (χ3v) is 4.56. The Balaban J connectivity index is 3.15. The molecule has 0 amide bonds. The lowest BCUT2D eigenvalue weighted by atomic mass is 10.2. The first-order valence-electron chi connectivity index (χ1n) is 5.40. The first kappa shape index (κ1) is 14.0. The summed E-state index contributed by atoms with van der Waals surface area (Å²) in [6.45, 7) is 3.75. The Kier molecular flexibility index (Phi) is 4.50. The number of aliphatic hydroxyl groups excluding tert-OH is 1. The zero-order valence-electron chi connectivity index (χ0n) is 10.0. The number of benzene rings is 1. The molecule has 0 saturated carbocycles. The zero-order valence-corrected chi connectivity index (χ0v) is 10.9. The average molecular weight is 258 g/mol. The maximum absolute atomic E-state index is 12.2. The van der Waals surface area contributed by atoms with Gasteiger partial charge in [-0.2, -0.15) is 4.31 Å². The third kappa shape index (κ3) is 2.96. The topological polar surface area (TPSA) is 83.6 Å². The van der Waals surface area contributed by atoms with Crippen LogP contribution in [0.3, 0.4) is 0 Å². The molecular formula is C11H18N2O3S. The van der Waals surface area contributed by atoms with Crippen molar-refractivity contribution < 1.29 is 13.5 Å². The minimum Gasteiger partial charge on any atom is -0.398 e. The van der Waals surface area contributed by atoms with E-state index in [4.69, 9.17) is 10.8 Å². The van der Waals surface area contributed by atoms with Gasteiger partial charge in [-0.1, -0.05) is 13.0 Å². The Hall–Kier alpha value is -1.11. The van der Waals surface area contributed by atoms with Crippen LogP contribution < -0.4 is 5.73 Å². The summed E-state index contributed by atoms with van der Waals surface area (Å²) in [5, 5.41) is 8.85. The van der Waals surface area contributed by atoms with Crippen molar-refractivity contribution in [1.29, 1.82) is 0 Å².